The van der Waals surface area contributed by atoms with Crippen LogP contribution in [-0.2, 0) is 14.4 Å². The maximum atomic E-state index is 12.9. The summed E-state index contributed by atoms with van der Waals surface area (Å²) >= 11 is 2.91. The summed E-state index contributed by atoms with van der Waals surface area (Å²) in [4.78, 5) is 51.1. The number of nitrogens with one attached hydrogen (secondary N) is 2. The molecule has 11 heteroatoms. The molecule has 2 N–H and O–H groups in total. The van der Waals surface area contributed by atoms with Crippen LogP contribution in [-0.4, -0.2) is 48.1 Å². The Morgan fingerprint density at radius 3 is 2.23 bits per heavy atom. The monoisotopic (exact) mass is 657 g/mol. The van der Waals surface area contributed by atoms with Gasteiger partial charge in [0.05, 0.1) is 12.0 Å². The van der Waals surface area contributed by atoms with Gasteiger partial charge < -0.3 is 20.1 Å². The van der Waals surface area contributed by atoms with Crippen molar-refractivity contribution in [3.8, 4) is 11.5 Å². The first kappa shape index (κ1) is 28.2. The third-order valence-corrected chi connectivity index (χ3v) is 7.11. The molecule has 1 saturated heterocycles. The smallest absolute Gasteiger partial charge is 0.294 e. The van der Waals surface area contributed by atoms with Crippen molar-refractivity contribution in [3.63, 3.8) is 0 Å². The van der Waals surface area contributed by atoms with E-state index in [-0.39, 0.29) is 17.4 Å². The number of amides is 4. The van der Waals surface area contributed by atoms with E-state index in [1.807, 2.05) is 31.2 Å². The molecule has 1 heterocycles. The van der Waals surface area contributed by atoms with Crippen molar-refractivity contribution in [2.45, 2.75) is 6.92 Å². The second kappa shape index (κ2) is 12.8. The second-order valence-electron chi connectivity index (χ2n) is 8.44. The van der Waals surface area contributed by atoms with Crippen molar-refractivity contribution < 1.29 is 28.7 Å². The van der Waals surface area contributed by atoms with Gasteiger partial charge in [-0.3, -0.25) is 24.1 Å². The summed E-state index contributed by atoms with van der Waals surface area (Å²) in [5.41, 5.74) is 2.90. The molecule has 0 saturated carbocycles. The average Bonchev–Trinajstić information content (AvgIpc) is 3.17. The highest BCUT2D eigenvalue weighted by Gasteiger charge is 2.36. The third-order valence-electron chi connectivity index (χ3n) is 5.48. The minimum absolute atomic E-state index is 0.176. The number of methoxy groups -OCH3 is 1. The Morgan fingerprint density at radius 1 is 0.923 bits per heavy atom. The number of benzene rings is 3. The fourth-order valence-electron chi connectivity index (χ4n) is 3.54. The van der Waals surface area contributed by atoms with Gasteiger partial charge in [-0.1, -0.05) is 23.8 Å². The van der Waals surface area contributed by atoms with Gasteiger partial charge in [-0.15, -0.1) is 0 Å². The Hall–Kier alpha value is -3.84. The normalized spacial score (nSPS) is 13.9. The first-order valence-electron chi connectivity index (χ1n) is 11.7. The van der Waals surface area contributed by atoms with Gasteiger partial charge in [0.25, 0.3) is 17.1 Å². The maximum Gasteiger partial charge on any atom is 0.294 e. The van der Waals surface area contributed by atoms with Crippen LogP contribution in [0.15, 0.2) is 71.6 Å². The van der Waals surface area contributed by atoms with Crippen molar-refractivity contribution in [1.29, 1.82) is 0 Å². The van der Waals surface area contributed by atoms with Gasteiger partial charge >= 0.3 is 0 Å². The molecular weight excluding hydrogens is 633 g/mol. The molecule has 3 aromatic rings. The van der Waals surface area contributed by atoms with Crippen LogP contribution in [0.4, 0.5) is 16.2 Å². The van der Waals surface area contributed by atoms with Crippen LogP contribution in [0.3, 0.4) is 0 Å². The number of hydrogen-bond donors (Lipinski definition) is 2. The predicted molar refractivity (Wildman–Crippen MR) is 159 cm³/mol. The summed E-state index contributed by atoms with van der Waals surface area (Å²) in [5.74, 6) is -0.675. The van der Waals surface area contributed by atoms with Crippen LogP contribution in [0.25, 0.3) is 6.08 Å². The standard InChI is InChI=1S/C28H24IN3O6S/c1-17-3-8-20(9-4-17)31-26(34)16-38-22-12-5-18(13-23(22)37-2)14-24-27(35)32(28(36)39-24)15-25(33)30-21-10-6-19(29)7-11-21/h3-14H,15-16H2,1-2H3,(H,30,33)(H,31,34)/b24-14+. The molecule has 0 atom stereocenters. The molecule has 1 aliphatic heterocycles. The molecule has 4 amide bonds. The van der Waals surface area contributed by atoms with E-state index >= 15 is 0 Å². The molecule has 3 aromatic carbocycles. The number of halogens is 1. The highest BCUT2D eigenvalue weighted by molar-refractivity contribution is 14.1. The Kier molecular flexibility index (Phi) is 9.25. The molecule has 9 nitrogen and oxygen atoms in total. The van der Waals surface area contributed by atoms with Crippen molar-refractivity contribution in [2.75, 3.05) is 30.9 Å². The van der Waals surface area contributed by atoms with Crippen LogP contribution >= 0.6 is 34.4 Å². The zero-order valence-electron chi connectivity index (χ0n) is 21.0. The Labute approximate surface area is 243 Å². The lowest BCUT2D eigenvalue weighted by Gasteiger charge is -2.13. The zero-order chi connectivity index (χ0) is 27.9. The highest BCUT2D eigenvalue weighted by Crippen LogP contribution is 2.34. The number of ether oxygens (including phenoxy) is 2. The predicted octanol–water partition coefficient (Wildman–Crippen LogP) is 5.30. The number of hydrogen-bond acceptors (Lipinski definition) is 7. The molecule has 200 valence electrons. The summed E-state index contributed by atoms with van der Waals surface area (Å²) in [6.45, 7) is 1.34. The molecule has 39 heavy (non-hydrogen) atoms. The summed E-state index contributed by atoms with van der Waals surface area (Å²) in [6.07, 6.45) is 1.54. The molecule has 0 radical (unpaired) electrons. The van der Waals surface area contributed by atoms with Crippen molar-refractivity contribution in [1.82, 2.24) is 4.90 Å². The van der Waals surface area contributed by atoms with Gasteiger partial charge in [-0.05, 0) is 101 Å². The molecule has 0 unspecified atom stereocenters. The van der Waals surface area contributed by atoms with E-state index in [0.717, 1.165) is 25.8 Å². The van der Waals surface area contributed by atoms with E-state index in [1.165, 1.54) is 7.11 Å². The number of carbonyl (C=O) groups excluding carboxylic acids is 4. The van der Waals surface area contributed by atoms with E-state index in [9.17, 15) is 19.2 Å². The number of nitrogens with zero attached hydrogens (tertiary/aromatic N) is 1. The van der Waals surface area contributed by atoms with Gasteiger partial charge in [0.2, 0.25) is 5.91 Å². The lowest BCUT2D eigenvalue weighted by Crippen LogP contribution is -2.36. The Bertz CT molecular complexity index is 1440. The van der Waals surface area contributed by atoms with E-state index in [4.69, 9.17) is 9.47 Å². The number of aryl methyl sites for hydroxylation is 1. The number of imide groups is 1. The van der Waals surface area contributed by atoms with E-state index in [0.29, 0.717) is 28.4 Å². The number of rotatable bonds is 9. The minimum Gasteiger partial charge on any atom is -0.493 e. The summed E-state index contributed by atoms with van der Waals surface area (Å²) < 4.78 is 12.0. The molecule has 0 aliphatic carbocycles. The summed E-state index contributed by atoms with van der Waals surface area (Å²) in [7, 11) is 1.46. The first-order chi connectivity index (χ1) is 18.7. The van der Waals surface area contributed by atoms with Crippen molar-refractivity contribution in [3.05, 3.63) is 86.3 Å². The lowest BCUT2D eigenvalue weighted by atomic mass is 10.2. The fraction of sp³-hybridized carbons (Fsp3) is 0.143. The highest BCUT2D eigenvalue weighted by atomic mass is 127. The second-order valence-corrected chi connectivity index (χ2v) is 10.7. The molecule has 1 fully saturated rings. The van der Waals surface area contributed by atoms with Crippen LogP contribution in [0.5, 0.6) is 11.5 Å². The Balaban J connectivity index is 1.37. The topological polar surface area (TPSA) is 114 Å². The molecule has 0 spiro atoms. The Morgan fingerprint density at radius 2 is 1.56 bits per heavy atom. The van der Waals surface area contributed by atoms with Gasteiger partial charge in [0.15, 0.2) is 18.1 Å². The summed E-state index contributed by atoms with van der Waals surface area (Å²) in [5, 5.41) is 4.91. The number of anilines is 2. The fourth-order valence-corrected chi connectivity index (χ4v) is 4.73. The van der Waals surface area contributed by atoms with Gasteiger partial charge in [-0.25, -0.2) is 0 Å². The number of thioether (sulfide) groups is 1. The van der Waals surface area contributed by atoms with Gasteiger partial charge in [0, 0.05) is 14.9 Å². The van der Waals surface area contributed by atoms with Crippen LogP contribution in [0.2, 0.25) is 0 Å². The van der Waals surface area contributed by atoms with Crippen LogP contribution in [0.1, 0.15) is 11.1 Å². The molecule has 1 aliphatic rings. The first-order valence-corrected chi connectivity index (χ1v) is 13.6. The SMILES string of the molecule is COc1cc(/C=C2/SC(=O)N(CC(=O)Nc3ccc(I)cc3)C2=O)ccc1OCC(=O)Nc1ccc(C)cc1. The summed E-state index contributed by atoms with van der Waals surface area (Å²) in [6, 6.07) is 19.5. The van der Waals surface area contributed by atoms with Crippen LogP contribution < -0.4 is 20.1 Å². The van der Waals surface area contributed by atoms with Gasteiger partial charge in [0.1, 0.15) is 6.54 Å². The molecule has 4 rings (SSSR count). The maximum absolute atomic E-state index is 12.9. The molecule has 0 bridgehead atoms. The minimum atomic E-state index is -0.560. The zero-order valence-corrected chi connectivity index (χ0v) is 24.0. The lowest BCUT2D eigenvalue weighted by molar-refractivity contribution is -0.127. The van der Waals surface area contributed by atoms with Crippen molar-refractivity contribution >= 4 is 74.8 Å². The van der Waals surface area contributed by atoms with Crippen molar-refractivity contribution in [2.24, 2.45) is 0 Å². The largest absolute Gasteiger partial charge is 0.493 e. The van der Waals surface area contributed by atoms with Gasteiger partial charge in [-0.2, -0.15) is 0 Å². The van der Waals surface area contributed by atoms with E-state index < -0.39 is 23.6 Å². The quantitative estimate of drug-likeness (QED) is 0.237. The van der Waals surface area contributed by atoms with E-state index in [2.05, 4.69) is 33.2 Å². The average molecular weight is 657 g/mol. The third kappa shape index (κ3) is 7.60. The number of carbonyl (C=O) groups is 4. The van der Waals surface area contributed by atoms with E-state index in [1.54, 1.807) is 48.5 Å². The molecular formula is C28H24IN3O6S. The van der Waals surface area contributed by atoms with Crippen LogP contribution in [0, 0.1) is 10.5 Å². The molecule has 0 aromatic heterocycles.